The van der Waals surface area contributed by atoms with Crippen molar-refractivity contribution >= 4 is 29.8 Å². The fourth-order valence-electron chi connectivity index (χ4n) is 3.38. The van der Waals surface area contributed by atoms with E-state index in [1.807, 2.05) is 36.4 Å². The largest absolute Gasteiger partial charge is 0.673 e. The third-order valence-corrected chi connectivity index (χ3v) is 5.16. The van der Waals surface area contributed by atoms with Gasteiger partial charge in [0, 0.05) is 23.4 Å². The molecule has 0 saturated carbocycles. The number of halogens is 5. The van der Waals surface area contributed by atoms with Crippen molar-refractivity contribution in [1.29, 1.82) is 0 Å². The van der Waals surface area contributed by atoms with E-state index < -0.39 is 7.25 Å². The smallest absolute Gasteiger partial charge is 0.456 e. The van der Waals surface area contributed by atoms with Crippen molar-refractivity contribution in [1.82, 2.24) is 4.58 Å². The van der Waals surface area contributed by atoms with Crippen molar-refractivity contribution in [3.8, 4) is 11.3 Å². The Labute approximate surface area is 171 Å². The van der Waals surface area contributed by atoms with Gasteiger partial charge in [0.25, 0.3) is 0 Å². The zero-order chi connectivity index (χ0) is 21.0. The zero-order valence-electron chi connectivity index (χ0n) is 15.9. The maximum absolute atomic E-state index is 9.75. The molecule has 0 unspecified atom stereocenters. The van der Waals surface area contributed by atoms with Crippen LogP contribution in [0.2, 0.25) is 5.02 Å². The molecule has 0 atom stereocenters. The highest BCUT2D eigenvalue weighted by Crippen LogP contribution is 2.24. The lowest BCUT2D eigenvalue weighted by Gasteiger charge is -2.16. The quantitative estimate of drug-likeness (QED) is 0.255. The number of benzene rings is 2. The first-order chi connectivity index (χ1) is 13.7. The highest BCUT2D eigenvalue weighted by atomic mass is 35.5. The molecule has 2 nitrogen and oxygen atoms in total. The van der Waals surface area contributed by atoms with Crippen LogP contribution in [0.4, 0.5) is 17.3 Å². The third kappa shape index (κ3) is 6.10. The second-order valence-electron chi connectivity index (χ2n) is 7.16. The molecule has 1 fully saturated rings. The van der Waals surface area contributed by atoms with Crippen LogP contribution < -0.4 is 9.93 Å². The molecule has 0 N–H and O–H groups in total. The third-order valence-electron chi connectivity index (χ3n) is 4.90. The highest BCUT2D eigenvalue weighted by Gasteiger charge is 2.21. The van der Waals surface area contributed by atoms with Gasteiger partial charge in [-0.1, -0.05) is 30.7 Å². The van der Waals surface area contributed by atoms with Gasteiger partial charge in [0.15, 0.2) is 0 Å². The van der Waals surface area contributed by atoms with Crippen molar-refractivity contribution in [3.63, 3.8) is 0 Å². The van der Waals surface area contributed by atoms with Crippen LogP contribution in [0, 0.1) is 5.92 Å². The summed E-state index contributed by atoms with van der Waals surface area (Å²) in [6.07, 6.45) is 2.49. The van der Waals surface area contributed by atoms with Crippen molar-refractivity contribution in [2.75, 3.05) is 13.1 Å². The predicted octanol–water partition coefficient (Wildman–Crippen LogP) is 6.26. The Morgan fingerprint density at radius 2 is 1.55 bits per heavy atom. The van der Waals surface area contributed by atoms with Gasteiger partial charge in [0.2, 0.25) is 5.36 Å². The summed E-state index contributed by atoms with van der Waals surface area (Å²) < 4.78 is 47.7. The van der Waals surface area contributed by atoms with Crippen LogP contribution in [-0.4, -0.2) is 20.3 Å². The van der Waals surface area contributed by atoms with Crippen molar-refractivity contribution in [3.05, 3.63) is 65.0 Å². The molecular weight excluding hydrogens is 404 g/mol. The van der Waals surface area contributed by atoms with E-state index in [1.165, 1.54) is 23.6 Å². The lowest BCUT2D eigenvalue weighted by molar-refractivity contribution is 0.360. The summed E-state index contributed by atoms with van der Waals surface area (Å²) in [4.78, 5) is 0. The number of para-hydroxylation sites is 1. The second-order valence-corrected chi connectivity index (χ2v) is 7.60. The topological polar surface area (TPSA) is 16.1 Å². The molecule has 0 aliphatic carbocycles. The van der Waals surface area contributed by atoms with Crippen molar-refractivity contribution < 1.29 is 21.7 Å². The molecule has 0 bridgehead atoms. The normalized spacial score (nSPS) is 17.0. The van der Waals surface area contributed by atoms with Crippen LogP contribution in [0.25, 0.3) is 22.3 Å². The summed E-state index contributed by atoms with van der Waals surface area (Å²) in [6, 6.07) is 18.3. The Kier molecular flexibility index (Phi) is 6.68. The van der Waals surface area contributed by atoms with E-state index in [2.05, 4.69) is 29.7 Å². The van der Waals surface area contributed by atoms with E-state index in [1.54, 1.807) is 0 Å². The van der Waals surface area contributed by atoms with Crippen molar-refractivity contribution in [2.45, 2.75) is 19.8 Å². The summed E-state index contributed by atoms with van der Waals surface area (Å²) in [6.45, 7) is 4.55. The number of hydrogen-bond acceptors (Lipinski definition) is 1. The maximum atomic E-state index is 9.75. The summed E-state index contributed by atoms with van der Waals surface area (Å²) in [5, 5.41) is 3.20. The van der Waals surface area contributed by atoms with Gasteiger partial charge in [0.1, 0.15) is 24.4 Å². The van der Waals surface area contributed by atoms with Crippen LogP contribution in [0.3, 0.4) is 0 Å². The second kappa shape index (κ2) is 9.03. The monoisotopic (exact) mass is 425 g/mol. The Hall–Kier alpha value is -2.28. The molecule has 1 aliphatic rings. The molecular formula is C21H21BClF4NO. The standard InChI is InChI=1S/C21H21ClNO.BF4/c1-15-10-12-23(13-11-15)19-14-21(16-6-8-17(22)9-7-16)24-20-5-3-2-4-18(19)20;2-1(3,4)5/h2-9,14-15H,10-13H2,1H3;/q+1;-1. The van der Waals surface area contributed by atoms with Gasteiger partial charge in [-0.25, -0.2) is 4.58 Å². The number of rotatable bonds is 1. The van der Waals surface area contributed by atoms with Crippen LogP contribution in [0.15, 0.2) is 59.0 Å². The van der Waals surface area contributed by atoms with Gasteiger partial charge < -0.3 is 21.7 Å². The fourth-order valence-corrected chi connectivity index (χ4v) is 3.51. The minimum Gasteiger partial charge on any atom is -0.456 e. The van der Waals surface area contributed by atoms with E-state index in [-0.39, 0.29) is 0 Å². The van der Waals surface area contributed by atoms with Gasteiger partial charge in [-0.15, -0.1) is 0 Å². The molecule has 3 aromatic rings. The van der Waals surface area contributed by atoms with Gasteiger partial charge in [-0.3, -0.25) is 0 Å². The number of fused-ring (bicyclic) bond motifs is 1. The molecule has 0 spiro atoms. The first-order valence-corrected chi connectivity index (χ1v) is 9.82. The van der Waals surface area contributed by atoms with Crippen molar-refractivity contribution in [2.24, 2.45) is 5.92 Å². The minimum atomic E-state index is -6.00. The number of nitrogens with zero attached hydrogens (tertiary/aromatic N) is 1. The number of hydrogen-bond donors (Lipinski definition) is 0. The first-order valence-electron chi connectivity index (χ1n) is 9.45. The predicted molar refractivity (Wildman–Crippen MR) is 110 cm³/mol. The van der Waals surface area contributed by atoms with E-state index >= 15 is 0 Å². The molecule has 154 valence electrons. The molecule has 2 aromatic carbocycles. The Morgan fingerprint density at radius 1 is 0.966 bits per heavy atom. The fraction of sp³-hybridized carbons (Fsp3) is 0.286. The Morgan fingerprint density at radius 3 is 2.17 bits per heavy atom. The molecule has 0 radical (unpaired) electrons. The lowest BCUT2D eigenvalue weighted by Crippen LogP contribution is -2.37. The molecule has 0 amide bonds. The zero-order valence-corrected chi connectivity index (χ0v) is 16.7. The van der Waals surface area contributed by atoms with Crippen LogP contribution in [-0.2, 0) is 0 Å². The van der Waals surface area contributed by atoms with Crippen LogP contribution in [0.1, 0.15) is 19.8 Å². The van der Waals surface area contributed by atoms with E-state index in [0.29, 0.717) is 0 Å². The Balaban J connectivity index is 0.000000431. The molecule has 1 saturated heterocycles. The van der Waals surface area contributed by atoms with Crippen LogP contribution in [0.5, 0.6) is 0 Å². The highest BCUT2D eigenvalue weighted by molar-refractivity contribution is 6.50. The molecule has 29 heavy (non-hydrogen) atoms. The Bertz CT molecular complexity index is 1030. The molecule has 2 heterocycles. The van der Waals surface area contributed by atoms with Gasteiger partial charge in [0.05, 0.1) is 11.5 Å². The summed E-state index contributed by atoms with van der Waals surface area (Å²) in [5.74, 6) is 1.70. The van der Waals surface area contributed by atoms with Gasteiger partial charge in [-0.05, 0) is 42.3 Å². The molecule has 1 aromatic heterocycles. The van der Waals surface area contributed by atoms with Crippen LogP contribution >= 0.6 is 11.6 Å². The minimum absolute atomic E-state index is 0.741. The molecule has 4 rings (SSSR count). The maximum Gasteiger partial charge on any atom is 0.673 e. The average Bonchev–Trinajstić information content (AvgIpc) is 2.67. The summed E-state index contributed by atoms with van der Waals surface area (Å²) >= 11 is 6.02. The lowest BCUT2D eigenvalue weighted by atomic mass is 10.00. The summed E-state index contributed by atoms with van der Waals surface area (Å²) in [7, 11) is -6.00. The SMILES string of the molecule is CC1CC[N+](=c2cc(-c3ccc(Cl)cc3)oc3ccccc23)CC1.F[B-](F)(F)F. The first kappa shape index (κ1) is 21.4. The molecule has 8 heteroatoms. The van der Waals surface area contributed by atoms with Gasteiger partial charge >= 0.3 is 7.25 Å². The molecule has 1 aliphatic heterocycles. The van der Waals surface area contributed by atoms with E-state index in [4.69, 9.17) is 16.0 Å². The average molecular weight is 426 g/mol. The summed E-state index contributed by atoms with van der Waals surface area (Å²) in [5.41, 5.74) is 1.98. The number of piperidine rings is 1. The van der Waals surface area contributed by atoms with Gasteiger partial charge in [-0.2, -0.15) is 0 Å². The van der Waals surface area contributed by atoms with E-state index in [0.717, 1.165) is 40.9 Å². The van der Waals surface area contributed by atoms with E-state index in [9.17, 15) is 17.3 Å².